The number of amides is 1. The van der Waals surface area contributed by atoms with Crippen molar-refractivity contribution in [1.82, 2.24) is 5.32 Å². The molecule has 0 fully saturated rings. The fourth-order valence-corrected chi connectivity index (χ4v) is 2.39. The minimum Gasteiger partial charge on any atom is -0.492 e. The molecule has 0 atom stereocenters. The number of ether oxygens (including phenoxy) is 1. The Bertz CT molecular complexity index is 543. The van der Waals surface area contributed by atoms with E-state index in [1.807, 2.05) is 42.5 Å². The summed E-state index contributed by atoms with van der Waals surface area (Å²) < 4.78 is 5.43. The van der Waals surface area contributed by atoms with E-state index in [1.54, 1.807) is 11.8 Å². The lowest BCUT2D eigenvalue weighted by Crippen LogP contribution is -2.26. The number of nitrogens with one attached hydrogen (secondary N) is 1. The van der Waals surface area contributed by atoms with Gasteiger partial charge in [0, 0.05) is 9.79 Å². The Balaban J connectivity index is 1.82. The van der Waals surface area contributed by atoms with Gasteiger partial charge in [-0.2, -0.15) is 0 Å². The quantitative estimate of drug-likeness (QED) is 0.799. The van der Waals surface area contributed by atoms with Gasteiger partial charge in [0.1, 0.15) is 12.4 Å². The van der Waals surface area contributed by atoms with Crippen molar-refractivity contribution in [1.29, 1.82) is 0 Å². The lowest BCUT2D eigenvalue weighted by molar-refractivity contribution is 0.191. The van der Waals surface area contributed by atoms with E-state index in [1.165, 1.54) is 4.90 Å². The van der Waals surface area contributed by atoms with Crippen LogP contribution in [0.15, 0.2) is 64.4 Å². The summed E-state index contributed by atoms with van der Waals surface area (Å²) >= 11 is 1.68. The molecule has 2 rings (SSSR count). The van der Waals surface area contributed by atoms with E-state index in [-0.39, 0.29) is 6.54 Å². The highest BCUT2D eigenvalue weighted by Crippen LogP contribution is 2.28. The average molecular weight is 289 g/mol. The first-order chi connectivity index (χ1) is 9.74. The predicted molar refractivity (Wildman–Crippen MR) is 78.5 cm³/mol. The zero-order valence-corrected chi connectivity index (χ0v) is 11.6. The van der Waals surface area contributed by atoms with Crippen molar-refractivity contribution >= 4 is 17.9 Å². The second kappa shape index (κ2) is 7.45. The van der Waals surface area contributed by atoms with Gasteiger partial charge in [-0.3, -0.25) is 0 Å². The molecule has 0 aromatic heterocycles. The van der Waals surface area contributed by atoms with Crippen LogP contribution >= 0.6 is 11.8 Å². The van der Waals surface area contributed by atoms with E-state index in [0.29, 0.717) is 6.61 Å². The Morgan fingerprint density at radius 3 is 2.35 bits per heavy atom. The first kappa shape index (κ1) is 14.3. The molecule has 4 nitrogen and oxygen atoms in total. The first-order valence-electron chi connectivity index (χ1n) is 6.16. The number of benzene rings is 2. The van der Waals surface area contributed by atoms with Crippen molar-refractivity contribution in [3.05, 3.63) is 54.6 Å². The van der Waals surface area contributed by atoms with Crippen molar-refractivity contribution < 1.29 is 14.6 Å². The second-order valence-electron chi connectivity index (χ2n) is 3.97. The van der Waals surface area contributed by atoms with E-state index >= 15 is 0 Å². The van der Waals surface area contributed by atoms with Crippen molar-refractivity contribution in [3.63, 3.8) is 0 Å². The second-order valence-corrected chi connectivity index (χ2v) is 5.11. The van der Waals surface area contributed by atoms with Gasteiger partial charge in [0.15, 0.2) is 0 Å². The highest BCUT2D eigenvalue weighted by Gasteiger charge is 1.99. The van der Waals surface area contributed by atoms with Gasteiger partial charge in [-0.25, -0.2) is 4.79 Å². The summed E-state index contributed by atoms with van der Waals surface area (Å²) in [6, 6.07) is 17.9. The van der Waals surface area contributed by atoms with Crippen LogP contribution in [0.1, 0.15) is 0 Å². The van der Waals surface area contributed by atoms with Gasteiger partial charge >= 0.3 is 6.09 Å². The van der Waals surface area contributed by atoms with Gasteiger partial charge in [0.25, 0.3) is 0 Å². The van der Waals surface area contributed by atoms with Crippen LogP contribution < -0.4 is 10.1 Å². The standard InChI is InChI=1S/C15H15NO3S/c17-15(18)16-10-11-19-12-6-8-14(9-7-12)20-13-4-2-1-3-5-13/h1-9,16H,10-11H2,(H,17,18). The molecule has 0 bridgehead atoms. The maximum atomic E-state index is 10.3. The van der Waals surface area contributed by atoms with Crippen LogP contribution in [-0.2, 0) is 0 Å². The zero-order chi connectivity index (χ0) is 14.2. The zero-order valence-electron chi connectivity index (χ0n) is 10.8. The molecule has 0 unspecified atom stereocenters. The third kappa shape index (κ3) is 4.85. The van der Waals surface area contributed by atoms with Crippen LogP contribution in [0.4, 0.5) is 4.79 Å². The minimum absolute atomic E-state index is 0.274. The Morgan fingerprint density at radius 2 is 1.70 bits per heavy atom. The summed E-state index contributed by atoms with van der Waals surface area (Å²) in [5.74, 6) is 0.731. The molecule has 0 spiro atoms. The van der Waals surface area contributed by atoms with Gasteiger partial charge in [-0.05, 0) is 36.4 Å². The molecular weight excluding hydrogens is 274 g/mol. The summed E-state index contributed by atoms with van der Waals surface area (Å²) in [4.78, 5) is 12.6. The molecule has 0 aliphatic rings. The number of rotatable bonds is 6. The molecule has 0 aliphatic carbocycles. The van der Waals surface area contributed by atoms with Crippen molar-refractivity contribution in [2.45, 2.75) is 9.79 Å². The van der Waals surface area contributed by atoms with Gasteiger partial charge < -0.3 is 15.2 Å². The van der Waals surface area contributed by atoms with Crippen LogP contribution in [0.25, 0.3) is 0 Å². The molecule has 0 radical (unpaired) electrons. The Morgan fingerprint density at radius 1 is 1.05 bits per heavy atom. The van der Waals surface area contributed by atoms with E-state index in [2.05, 4.69) is 17.4 Å². The highest BCUT2D eigenvalue weighted by molar-refractivity contribution is 7.99. The number of carboxylic acid groups (broad SMARTS) is 1. The normalized spacial score (nSPS) is 10.0. The molecule has 0 saturated carbocycles. The summed E-state index contributed by atoms with van der Waals surface area (Å²) in [6.07, 6.45) is -1.04. The van der Waals surface area contributed by atoms with Crippen LogP contribution in [0.2, 0.25) is 0 Å². The van der Waals surface area contributed by atoms with E-state index in [4.69, 9.17) is 9.84 Å². The Hall–Kier alpha value is -2.14. The fraction of sp³-hybridized carbons (Fsp3) is 0.133. The molecule has 5 heteroatoms. The summed E-state index contributed by atoms with van der Waals surface area (Å²) in [7, 11) is 0. The topological polar surface area (TPSA) is 58.6 Å². The van der Waals surface area contributed by atoms with Gasteiger partial charge in [-0.15, -0.1) is 0 Å². The van der Waals surface area contributed by atoms with Crippen LogP contribution in [-0.4, -0.2) is 24.4 Å². The van der Waals surface area contributed by atoms with E-state index in [9.17, 15) is 4.79 Å². The molecule has 104 valence electrons. The Labute approximate surface area is 121 Å². The molecule has 2 N–H and O–H groups in total. The van der Waals surface area contributed by atoms with E-state index in [0.717, 1.165) is 10.6 Å². The van der Waals surface area contributed by atoms with Gasteiger partial charge in [0.05, 0.1) is 6.54 Å². The van der Waals surface area contributed by atoms with Gasteiger partial charge in [0.2, 0.25) is 0 Å². The molecule has 0 heterocycles. The number of hydrogen-bond acceptors (Lipinski definition) is 3. The third-order valence-corrected chi connectivity index (χ3v) is 3.47. The smallest absolute Gasteiger partial charge is 0.404 e. The molecule has 2 aromatic rings. The summed E-state index contributed by atoms with van der Waals surface area (Å²) in [5.41, 5.74) is 0. The monoisotopic (exact) mass is 289 g/mol. The maximum Gasteiger partial charge on any atom is 0.404 e. The highest BCUT2D eigenvalue weighted by atomic mass is 32.2. The predicted octanol–water partition coefficient (Wildman–Crippen LogP) is 3.48. The van der Waals surface area contributed by atoms with E-state index < -0.39 is 6.09 Å². The molecular formula is C15H15NO3S. The summed E-state index contributed by atoms with van der Waals surface area (Å²) in [5, 5.41) is 10.7. The lowest BCUT2D eigenvalue weighted by atomic mass is 10.3. The SMILES string of the molecule is O=C(O)NCCOc1ccc(Sc2ccccc2)cc1. The fourth-order valence-electron chi connectivity index (χ4n) is 1.56. The van der Waals surface area contributed by atoms with Crippen LogP contribution in [0.5, 0.6) is 5.75 Å². The van der Waals surface area contributed by atoms with Crippen molar-refractivity contribution in [3.8, 4) is 5.75 Å². The molecule has 20 heavy (non-hydrogen) atoms. The first-order valence-corrected chi connectivity index (χ1v) is 6.98. The van der Waals surface area contributed by atoms with Gasteiger partial charge in [-0.1, -0.05) is 30.0 Å². The molecule has 2 aromatic carbocycles. The molecule has 0 saturated heterocycles. The van der Waals surface area contributed by atoms with Crippen molar-refractivity contribution in [2.24, 2.45) is 0 Å². The van der Waals surface area contributed by atoms with Crippen LogP contribution in [0.3, 0.4) is 0 Å². The van der Waals surface area contributed by atoms with Crippen LogP contribution in [0, 0.1) is 0 Å². The summed E-state index contributed by atoms with van der Waals surface area (Å²) in [6.45, 7) is 0.591. The number of carbonyl (C=O) groups is 1. The largest absolute Gasteiger partial charge is 0.492 e. The maximum absolute atomic E-state index is 10.3. The van der Waals surface area contributed by atoms with Crippen molar-refractivity contribution in [2.75, 3.05) is 13.2 Å². The Kier molecular flexibility index (Phi) is 5.32. The minimum atomic E-state index is -1.04. The number of hydrogen-bond donors (Lipinski definition) is 2. The molecule has 0 aliphatic heterocycles. The molecule has 1 amide bonds. The third-order valence-electron chi connectivity index (χ3n) is 2.45. The average Bonchev–Trinajstić information content (AvgIpc) is 2.46. The lowest BCUT2D eigenvalue weighted by Gasteiger charge is -2.07.